The Bertz CT molecular complexity index is 1210. The van der Waals surface area contributed by atoms with Gasteiger partial charge in [-0.2, -0.15) is 13.2 Å². The minimum atomic E-state index is -4.64. The molecule has 1 heterocycles. The van der Waals surface area contributed by atoms with Crippen LogP contribution in [0.25, 0.3) is 0 Å². The second-order valence-electron chi connectivity index (χ2n) is 7.28. The Morgan fingerprint density at radius 2 is 1.74 bits per heavy atom. The van der Waals surface area contributed by atoms with Crippen molar-refractivity contribution in [3.8, 4) is 0 Å². The van der Waals surface area contributed by atoms with Gasteiger partial charge in [-0.1, -0.05) is 12.1 Å². The number of hydrogen-bond acceptors (Lipinski definition) is 4. The number of benzene rings is 2. The Morgan fingerprint density at radius 1 is 1.00 bits per heavy atom. The highest BCUT2D eigenvalue weighted by Gasteiger charge is 2.44. The smallest absolute Gasteiger partial charge is 0.326 e. The first-order valence-electron chi connectivity index (χ1n) is 9.39. The molecular weight excluding hydrogens is 429 g/mol. The summed E-state index contributed by atoms with van der Waals surface area (Å²) < 4.78 is 64.1. The normalized spacial score (nSPS) is 18.4. The van der Waals surface area contributed by atoms with E-state index in [0.29, 0.717) is 18.2 Å². The summed E-state index contributed by atoms with van der Waals surface area (Å²) in [6.07, 6.45) is -0.545. The molecule has 9 heteroatoms. The molecule has 0 spiro atoms. The van der Waals surface area contributed by atoms with Gasteiger partial charge in [0.1, 0.15) is 0 Å². The number of aromatic nitrogens is 1. The Hall–Kier alpha value is -3.20. The molecule has 0 bridgehead atoms. The van der Waals surface area contributed by atoms with Crippen molar-refractivity contribution in [3.05, 3.63) is 84.2 Å². The van der Waals surface area contributed by atoms with Crippen LogP contribution >= 0.6 is 0 Å². The highest BCUT2D eigenvalue weighted by molar-refractivity contribution is 7.91. The Kier molecular flexibility index (Phi) is 5.30. The van der Waals surface area contributed by atoms with E-state index < -0.39 is 26.5 Å². The molecular formula is C22H17F3N2O3S. The molecule has 2 aromatic carbocycles. The molecule has 1 fully saturated rings. The van der Waals surface area contributed by atoms with Crippen LogP contribution in [0.2, 0.25) is 0 Å². The molecule has 5 nitrogen and oxygen atoms in total. The van der Waals surface area contributed by atoms with Gasteiger partial charge in [0.15, 0.2) is 0 Å². The van der Waals surface area contributed by atoms with Gasteiger partial charge in [0.2, 0.25) is 15.7 Å². The average molecular weight is 446 g/mol. The van der Waals surface area contributed by atoms with E-state index in [0.717, 1.165) is 23.8 Å². The van der Waals surface area contributed by atoms with Crippen LogP contribution in [-0.2, 0) is 20.8 Å². The van der Waals surface area contributed by atoms with E-state index in [9.17, 15) is 26.4 Å². The molecule has 31 heavy (non-hydrogen) atoms. The lowest BCUT2D eigenvalue weighted by Gasteiger charge is -2.10. The summed E-state index contributed by atoms with van der Waals surface area (Å²) >= 11 is 0. The van der Waals surface area contributed by atoms with Crippen molar-refractivity contribution in [1.82, 2.24) is 4.98 Å². The molecule has 1 amide bonds. The summed E-state index contributed by atoms with van der Waals surface area (Å²) in [6, 6.07) is 12.7. The molecule has 0 saturated heterocycles. The lowest BCUT2D eigenvalue weighted by molar-refractivity contribution is -0.137. The van der Waals surface area contributed by atoms with Crippen LogP contribution in [0.4, 0.5) is 18.9 Å². The summed E-state index contributed by atoms with van der Waals surface area (Å²) in [5.41, 5.74) is 0.361. The maximum atomic E-state index is 12.9. The fraction of sp³-hybridized carbons (Fsp3) is 0.182. The molecule has 160 valence electrons. The Morgan fingerprint density at radius 3 is 2.39 bits per heavy atom. The number of amides is 1. The van der Waals surface area contributed by atoms with Gasteiger partial charge in [-0.15, -0.1) is 0 Å². The molecule has 4 rings (SSSR count). The third-order valence-corrected chi connectivity index (χ3v) is 6.91. The number of carbonyl (C=O) groups excluding carboxylic acids is 1. The van der Waals surface area contributed by atoms with Gasteiger partial charge < -0.3 is 5.32 Å². The Labute approximate surface area is 176 Å². The zero-order valence-electron chi connectivity index (χ0n) is 16.0. The van der Waals surface area contributed by atoms with Crippen LogP contribution in [0.15, 0.2) is 82.8 Å². The average Bonchev–Trinajstić information content (AvgIpc) is 3.55. The van der Waals surface area contributed by atoms with Crippen LogP contribution in [0.1, 0.15) is 23.5 Å². The third kappa shape index (κ3) is 4.46. The molecule has 0 aliphatic heterocycles. The standard InChI is InChI=1S/C22H17F3N2O3S/c23-22(24,25)15-4-1-5-18(11-15)31(29,30)17-8-6-16(7-9-17)27-21(28)20-12-19(20)14-3-2-10-26-13-14/h1-11,13,19-20H,12H2,(H,27,28)/t19-,20+/m1/s1. The first-order chi connectivity index (χ1) is 14.7. The molecule has 2 atom stereocenters. The third-order valence-electron chi connectivity index (χ3n) is 5.14. The van der Waals surface area contributed by atoms with Crippen molar-refractivity contribution in [2.45, 2.75) is 28.3 Å². The number of hydrogen-bond donors (Lipinski definition) is 1. The van der Waals surface area contributed by atoms with E-state index in [4.69, 9.17) is 0 Å². The lowest BCUT2D eigenvalue weighted by atomic mass is 10.1. The van der Waals surface area contributed by atoms with Gasteiger partial charge >= 0.3 is 6.18 Å². The first-order valence-corrected chi connectivity index (χ1v) is 10.9. The lowest BCUT2D eigenvalue weighted by Crippen LogP contribution is -2.14. The van der Waals surface area contributed by atoms with Crippen LogP contribution in [0.5, 0.6) is 0 Å². The van der Waals surface area contributed by atoms with E-state index >= 15 is 0 Å². The predicted molar refractivity (Wildman–Crippen MR) is 107 cm³/mol. The summed E-state index contributed by atoms with van der Waals surface area (Å²) in [5, 5.41) is 2.75. The number of sulfone groups is 1. The van der Waals surface area contributed by atoms with Gasteiger partial charge in [-0.05, 0) is 66.4 Å². The number of anilines is 1. The SMILES string of the molecule is O=C(Nc1ccc(S(=O)(=O)c2cccc(C(F)(F)F)c2)cc1)[C@H]1C[C@@H]1c1cccnc1. The van der Waals surface area contributed by atoms with E-state index in [1.54, 1.807) is 12.4 Å². The highest BCUT2D eigenvalue weighted by Crippen LogP contribution is 2.47. The van der Waals surface area contributed by atoms with Crippen molar-refractivity contribution in [2.75, 3.05) is 5.32 Å². The van der Waals surface area contributed by atoms with Gasteiger partial charge in [0.25, 0.3) is 0 Å². The predicted octanol–water partition coefficient (Wildman–Crippen LogP) is 4.68. The maximum absolute atomic E-state index is 12.9. The number of alkyl halides is 3. The van der Waals surface area contributed by atoms with E-state index in [2.05, 4.69) is 10.3 Å². The summed E-state index contributed by atoms with van der Waals surface area (Å²) in [7, 11) is -4.14. The molecule has 1 saturated carbocycles. The zero-order valence-corrected chi connectivity index (χ0v) is 16.8. The largest absolute Gasteiger partial charge is 0.416 e. The maximum Gasteiger partial charge on any atom is 0.416 e. The van der Waals surface area contributed by atoms with Crippen LogP contribution < -0.4 is 5.32 Å². The second kappa shape index (κ2) is 7.81. The summed E-state index contributed by atoms with van der Waals surface area (Å²) in [6.45, 7) is 0. The van der Waals surface area contributed by atoms with Crippen molar-refractivity contribution in [1.29, 1.82) is 0 Å². The first kappa shape index (κ1) is 21.0. The van der Waals surface area contributed by atoms with Crippen LogP contribution in [0, 0.1) is 5.92 Å². The topological polar surface area (TPSA) is 76.1 Å². The van der Waals surface area contributed by atoms with E-state index in [1.807, 2.05) is 12.1 Å². The molecule has 0 unspecified atom stereocenters. The van der Waals surface area contributed by atoms with Gasteiger partial charge in [-0.25, -0.2) is 8.42 Å². The number of rotatable bonds is 5. The van der Waals surface area contributed by atoms with Gasteiger partial charge in [0, 0.05) is 24.0 Å². The molecule has 0 radical (unpaired) electrons. The molecule has 1 aliphatic rings. The molecule has 1 aromatic heterocycles. The summed E-state index contributed by atoms with van der Waals surface area (Å²) in [4.78, 5) is 15.9. The molecule has 1 aliphatic carbocycles. The number of nitrogens with one attached hydrogen (secondary N) is 1. The summed E-state index contributed by atoms with van der Waals surface area (Å²) in [5.74, 6) is -0.255. The van der Waals surface area contributed by atoms with Crippen molar-refractivity contribution in [2.24, 2.45) is 5.92 Å². The van der Waals surface area contributed by atoms with Gasteiger partial charge in [0.05, 0.1) is 15.4 Å². The number of pyridine rings is 1. The van der Waals surface area contributed by atoms with Crippen molar-refractivity contribution >= 4 is 21.4 Å². The highest BCUT2D eigenvalue weighted by atomic mass is 32.2. The second-order valence-corrected chi connectivity index (χ2v) is 9.23. The monoisotopic (exact) mass is 446 g/mol. The Balaban J connectivity index is 1.46. The minimum Gasteiger partial charge on any atom is -0.326 e. The molecule has 1 N–H and O–H groups in total. The van der Waals surface area contributed by atoms with E-state index in [-0.39, 0.29) is 22.6 Å². The number of nitrogens with zero attached hydrogens (tertiary/aromatic N) is 1. The van der Waals surface area contributed by atoms with Gasteiger partial charge in [-0.3, -0.25) is 9.78 Å². The molecule has 3 aromatic rings. The number of carbonyl (C=O) groups is 1. The number of halogens is 3. The fourth-order valence-corrected chi connectivity index (χ4v) is 4.68. The van der Waals surface area contributed by atoms with Crippen molar-refractivity contribution < 1.29 is 26.4 Å². The zero-order chi connectivity index (χ0) is 22.2. The minimum absolute atomic E-state index is 0.106. The van der Waals surface area contributed by atoms with E-state index in [1.165, 1.54) is 24.3 Å². The van der Waals surface area contributed by atoms with Crippen LogP contribution in [-0.4, -0.2) is 19.3 Å². The fourth-order valence-electron chi connectivity index (χ4n) is 3.38. The quantitative estimate of drug-likeness (QED) is 0.618. The van der Waals surface area contributed by atoms with Crippen LogP contribution in [0.3, 0.4) is 0 Å². The van der Waals surface area contributed by atoms with Crippen molar-refractivity contribution in [3.63, 3.8) is 0 Å².